The van der Waals surface area contributed by atoms with Crippen molar-refractivity contribution in [2.45, 2.75) is 56.1 Å². The molecule has 0 aliphatic heterocycles. The standard InChI is InChI=1S/C31H38N2O5S/c1-31(2,19-23-16-26-8-4-5-9-27(26)17-23)32-20-28(34)21-33(3)39(37,38)29-13-11-24(12-14-29)25-10-6-7-22(15-25)18-30(35)36/h4-15,23,28,32,34H,16-21H2,1-3H3,(H,35,36)/t28-/m1/s1. The van der Waals surface area contributed by atoms with Crippen molar-refractivity contribution in [3.8, 4) is 11.1 Å². The Kier molecular flexibility index (Phi) is 8.91. The van der Waals surface area contributed by atoms with Gasteiger partial charge in [0.2, 0.25) is 10.0 Å². The van der Waals surface area contributed by atoms with Crippen molar-refractivity contribution >= 4 is 16.0 Å². The van der Waals surface area contributed by atoms with Crippen molar-refractivity contribution < 1.29 is 23.4 Å². The third-order valence-electron chi connectivity index (χ3n) is 7.40. The predicted molar refractivity (Wildman–Crippen MR) is 153 cm³/mol. The molecule has 208 valence electrons. The second-order valence-corrected chi connectivity index (χ2v) is 13.3. The zero-order valence-corrected chi connectivity index (χ0v) is 23.6. The first kappa shape index (κ1) is 29.0. The first-order chi connectivity index (χ1) is 18.4. The van der Waals surface area contributed by atoms with Gasteiger partial charge in [0.15, 0.2) is 0 Å². The average Bonchev–Trinajstić information content (AvgIpc) is 3.29. The Bertz CT molecular complexity index is 1380. The van der Waals surface area contributed by atoms with Crippen LogP contribution in [0.15, 0.2) is 77.7 Å². The first-order valence-electron chi connectivity index (χ1n) is 13.3. The Labute approximate surface area is 231 Å². The van der Waals surface area contributed by atoms with Gasteiger partial charge in [0.1, 0.15) is 0 Å². The Hall–Kier alpha value is -3.04. The fourth-order valence-electron chi connectivity index (χ4n) is 5.48. The van der Waals surface area contributed by atoms with Crippen LogP contribution in [0.5, 0.6) is 0 Å². The van der Waals surface area contributed by atoms with E-state index in [1.54, 1.807) is 42.5 Å². The van der Waals surface area contributed by atoms with Crippen molar-refractivity contribution in [2.75, 3.05) is 20.1 Å². The monoisotopic (exact) mass is 550 g/mol. The summed E-state index contributed by atoms with van der Waals surface area (Å²) in [5, 5.41) is 23.1. The van der Waals surface area contributed by atoms with Gasteiger partial charge >= 0.3 is 5.97 Å². The van der Waals surface area contributed by atoms with Crippen LogP contribution in [0.1, 0.15) is 37.0 Å². The Morgan fingerprint density at radius 3 is 2.26 bits per heavy atom. The van der Waals surface area contributed by atoms with Crippen molar-refractivity contribution in [1.29, 1.82) is 0 Å². The number of likely N-dealkylation sites (N-methyl/N-ethyl adjacent to an activating group) is 1. The number of aliphatic hydroxyl groups is 1. The van der Waals surface area contributed by atoms with Crippen LogP contribution in [-0.2, 0) is 34.1 Å². The minimum atomic E-state index is -3.79. The maximum Gasteiger partial charge on any atom is 0.307 e. The molecule has 39 heavy (non-hydrogen) atoms. The summed E-state index contributed by atoms with van der Waals surface area (Å²) in [6.45, 7) is 4.52. The van der Waals surface area contributed by atoms with Crippen LogP contribution in [0.2, 0.25) is 0 Å². The molecule has 1 aliphatic carbocycles. The maximum absolute atomic E-state index is 13.2. The van der Waals surface area contributed by atoms with Crippen LogP contribution in [0.4, 0.5) is 0 Å². The van der Waals surface area contributed by atoms with Crippen LogP contribution < -0.4 is 5.32 Å². The summed E-state index contributed by atoms with van der Waals surface area (Å²) in [6, 6.07) is 22.3. The van der Waals surface area contributed by atoms with E-state index in [4.69, 9.17) is 5.11 Å². The zero-order chi connectivity index (χ0) is 28.2. The van der Waals surface area contributed by atoms with Crippen LogP contribution in [-0.4, -0.2) is 60.7 Å². The molecule has 7 nitrogen and oxygen atoms in total. The molecule has 0 saturated carbocycles. The zero-order valence-electron chi connectivity index (χ0n) is 22.8. The molecule has 0 amide bonds. The number of carboxylic acid groups (broad SMARTS) is 1. The molecule has 3 aromatic carbocycles. The van der Waals surface area contributed by atoms with Crippen molar-refractivity contribution in [2.24, 2.45) is 5.92 Å². The summed E-state index contributed by atoms with van der Waals surface area (Å²) in [4.78, 5) is 11.2. The van der Waals surface area contributed by atoms with Gasteiger partial charge < -0.3 is 15.5 Å². The SMILES string of the molecule is CN(C[C@H](O)CNC(C)(C)CC1Cc2ccccc2C1)S(=O)(=O)c1ccc(-c2cccc(CC(=O)O)c2)cc1. The van der Waals surface area contributed by atoms with E-state index in [1.807, 2.05) is 6.07 Å². The van der Waals surface area contributed by atoms with Gasteiger partial charge in [-0.2, -0.15) is 4.31 Å². The summed E-state index contributed by atoms with van der Waals surface area (Å²) < 4.78 is 27.5. The highest BCUT2D eigenvalue weighted by Gasteiger charge is 2.29. The number of rotatable bonds is 12. The number of carboxylic acids is 1. The molecular weight excluding hydrogens is 512 g/mol. The molecule has 1 aliphatic rings. The number of fused-ring (bicyclic) bond motifs is 1. The molecule has 0 spiro atoms. The van der Waals surface area contributed by atoms with Gasteiger partial charge in [-0.25, -0.2) is 8.42 Å². The predicted octanol–water partition coefficient (Wildman–Crippen LogP) is 4.14. The van der Waals surface area contributed by atoms with Gasteiger partial charge in [-0.3, -0.25) is 4.79 Å². The topological polar surface area (TPSA) is 107 Å². The molecule has 0 radical (unpaired) electrons. The number of carbonyl (C=O) groups is 1. The summed E-state index contributed by atoms with van der Waals surface area (Å²) in [6.07, 6.45) is 2.16. The lowest BCUT2D eigenvalue weighted by molar-refractivity contribution is -0.136. The third-order valence-corrected chi connectivity index (χ3v) is 9.23. The Balaban J connectivity index is 1.31. The maximum atomic E-state index is 13.2. The Morgan fingerprint density at radius 2 is 1.64 bits per heavy atom. The molecule has 0 saturated heterocycles. The molecule has 0 aromatic heterocycles. The van der Waals surface area contributed by atoms with Gasteiger partial charge in [0.05, 0.1) is 17.4 Å². The number of nitrogens with zero attached hydrogens (tertiary/aromatic N) is 1. The smallest absolute Gasteiger partial charge is 0.307 e. The van der Waals surface area contributed by atoms with Gasteiger partial charge in [0.25, 0.3) is 0 Å². The lowest BCUT2D eigenvalue weighted by Crippen LogP contribution is -2.47. The van der Waals surface area contributed by atoms with Crippen LogP contribution >= 0.6 is 0 Å². The number of benzene rings is 3. The summed E-state index contributed by atoms with van der Waals surface area (Å²) in [5.74, 6) is -0.356. The number of hydrogen-bond donors (Lipinski definition) is 3. The number of β-amino-alcohol motifs (C(OH)–C–C–N with tert-alkyl or cyclic N) is 1. The number of nitrogens with one attached hydrogen (secondary N) is 1. The van der Waals surface area contributed by atoms with Crippen LogP contribution in [0.3, 0.4) is 0 Å². The largest absolute Gasteiger partial charge is 0.481 e. The van der Waals surface area contributed by atoms with E-state index in [2.05, 4.69) is 43.4 Å². The molecule has 0 bridgehead atoms. The normalized spacial score (nSPS) is 14.9. The second kappa shape index (κ2) is 12.0. The van der Waals surface area contributed by atoms with Gasteiger partial charge in [-0.1, -0.05) is 60.7 Å². The Morgan fingerprint density at radius 1 is 1.00 bits per heavy atom. The highest BCUT2D eigenvalue weighted by molar-refractivity contribution is 7.89. The lowest BCUT2D eigenvalue weighted by atomic mass is 9.88. The lowest BCUT2D eigenvalue weighted by Gasteiger charge is -2.31. The van der Waals surface area contributed by atoms with E-state index in [0.717, 1.165) is 30.4 Å². The summed E-state index contributed by atoms with van der Waals surface area (Å²) in [5.41, 5.74) is 4.94. The molecule has 8 heteroatoms. The summed E-state index contributed by atoms with van der Waals surface area (Å²) >= 11 is 0. The molecule has 3 aromatic rings. The number of hydrogen-bond acceptors (Lipinski definition) is 5. The molecule has 0 fully saturated rings. The highest BCUT2D eigenvalue weighted by Crippen LogP contribution is 2.32. The van der Waals surface area contributed by atoms with Gasteiger partial charge in [-0.05, 0) is 79.0 Å². The van der Waals surface area contributed by atoms with E-state index < -0.39 is 22.1 Å². The highest BCUT2D eigenvalue weighted by atomic mass is 32.2. The van der Waals surface area contributed by atoms with Crippen LogP contribution in [0.25, 0.3) is 11.1 Å². The number of aliphatic carboxylic acids is 1. The molecular formula is C31H38N2O5S. The van der Waals surface area contributed by atoms with Crippen molar-refractivity contribution in [1.82, 2.24) is 9.62 Å². The summed E-state index contributed by atoms with van der Waals surface area (Å²) in [7, 11) is -2.32. The molecule has 0 heterocycles. The fourth-order valence-corrected chi connectivity index (χ4v) is 6.68. The average molecular weight is 551 g/mol. The van der Waals surface area contributed by atoms with E-state index in [9.17, 15) is 18.3 Å². The van der Waals surface area contributed by atoms with E-state index in [0.29, 0.717) is 11.5 Å². The quantitative estimate of drug-likeness (QED) is 0.313. The molecule has 4 rings (SSSR count). The number of aliphatic hydroxyl groups excluding tert-OH is 1. The minimum Gasteiger partial charge on any atom is -0.481 e. The van der Waals surface area contributed by atoms with Gasteiger partial charge in [0, 0.05) is 25.7 Å². The van der Waals surface area contributed by atoms with Crippen molar-refractivity contribution in [3.05, 3.63) is 89.5 Å². The van der Waals surface area contributed by atoms with Crippen LogP contribution in [0, 0.1) is 5.92 Å². The number of sulfonamides is 1. The molecule has 3 N–H and O–H groups in total. The fraction of sp³-hybridized carbons (Fsp3) is 0.387. The van der Waals surface area contributed by atoms with E-state index >= 15 is 0 Å². The second-order valence-electron chi connectivity index (χ2n) is 11.2. The van der Waals surface area contributed by atoms with Gasteiger partial charge in [-0.15, -0.1) is 0 Å². The van der Waals surface area contributed by atoms with Crippen molar-refractivity contribution in [3.63, 3.8) is 0 Å². The van der Waals surface area contributed by atoms with E-state index in [-0.39, 0.29) is 29.9 Å². The van der Waals surface area contributed by atoms with E-state index in [1.165, 1.54) is 22.5 Å². The third kappa shape index (κ3) is 7.54. The minimum absolute atomic E-state index is 0.0285. The molecule has 1 atom stereocenters. The first-order valence-corrected chi connectivity index (χ1v) is 14.7. The molecule has 0 unspecified atom stereocenters.